The Balaban J connectivity index is 1.96. The van der Waals surface area contributed by atoms with Crippen molar-refractivity contribution in [3.8, 4) is 0 Å². The van der Waals surface area contributed by atoms with E-state index < -0.39 is 12.0 Å². The molecule has 7 heteroatoms. The summed E-state index contributed by atoms with van der Waals surface area (Å²) in [5.74, 6) is -0.457. The van der Waals surface area contributed by atoms with Crippen LogP contribution in [-0.2, 0) is 9.53 Å². The lowest BCUT2D eigenvalue weighted by atomic mass is 9.96. The Bertz CT molecular complexity index is 1260. The zero-order chi connectivity index (χ0) is 20.4. The molecular formula is C22H19N3O3S. The van der Waals surface area contributed by atoms with Crippen molar-refractivity contribution in [2.45, 2.75) is 19.9 Å². The molecule has 2 aromatic heterocycles. The summed E-state index contributed by atoms with van der Waals surface area (Å²) in [5.41, 5.74) is 2.26. The van der Waals surface area contributed by atoms with Crippen LogP contribution in [0.25, 0.3) is 6.08 Å². The van der Waals surface area contributed by atoms with E-state index >= 15 is 0 Å². The van der Waals surface area contributed by atoms with Crippen LogP contribution in [0.4, 0.5) is 0 Å². The van der Waals surface area contributed by atoms with Crippen molar-refractivity contribution in [2.24, 2.45) is 4.99 Å². The second-order valence-corrected chi connectivity index (χ2v) is 7.48. The molecule has 0 amide bonds. The Morgan fingerprint density at radius 1 is 1.21 bits per heavy atom. The Morgan fingerprint density at radius 2 is 1.97 bits per heavy atom. The smallest absolute Gasteiger partial charge is 0.338 e. The third-order valence-corrected chi connectivity index (χ3v) is 5.58. The third-order valence-electron chi connectivity index (χ3n) is 4.60. The van der Waals surface area contributed by atoms with Gasteiger partial charge in [0.1, 0.15) is 0 Å². The molecule has 3 heterocycles. The van der Waals surface area contributed by atoms with Gasteiger partial charge in [-0.2, -0.15) is 0 Å². The zero-order valence-electron chi connectivity index (χ0n) is 16.0. The van der Waals surface area contributed by atoms with Gasteiger partial charge in [-0.1, -0.05) is 47.7 Å². The number of hydrogen-bond donors (Lipinski definition) is 0. The van der Waals surface area contributed by atoms with Gasteiger partial charge in [-0.3, -0.25) is 14.3 Å². The van der Waals surface area contributed by atoms with Crippen LogP contribution in [0.3, 0.4) is 0 Å². The van der Waals surface area contributed by atoms with Crippen LogP contribution in [0, 0.1) is 0 Å². The SMILES string of the molecule is CCOC(=O)C1=C(C)N=c2s/c(=C\c3ccccn3)c(=O)n2[C@@H]1c1ccccc1. The van der Waals surface area contributed by atoms with Crippen molar-refractivity contribution < 1.29 is 9.53 Å². The number of ether oxygens (including phenoxy) is 1. The van der Waals surface area contributed by atoms with E-state index in [1.54, 1.807) is 30.7 Å². The Labute approximate surface area is 171 Å². The molecule has 29 heavy (non-hydrogen) atoms. The largest absolute Gasteiger partial charge is 0.463 e. The number of carbonyl (C=O) groups is 1. The molecule has 0 aliphatic carbocycles. The maximum Gasteiger partial charge on any atom is 0.338 e. The molecule has 4 rings (SSSR count). The van der Waals surface area contributed by atoms with Gasteiger partial charge in [-0.25, -0.2) is 9.79 Å². The number of esters is 1. The van der Waals surface area contributed by atoms with Gasteiger partial charge >= 0.3 is 5.97 Å². The van der Waals surface area contributed by atoms with Gasteiger partial charge < -0.3 is 4.74 Å². The van der Waals surface area contributed by atoms with E-state index in [0.29, 0.717) is 26.3 Å². The molecule has 0 radical (unpaired) electrons. The van der Waals surface area contributed by atoms with E-state index in [0.717, 1.165) is 5.56 Å². The molecule has 0 N–H and O–H groups in total. The highest BCUT2D eigenvalue weighted by Crippen LogP contribution is 2.30. The summed E-state index contributed by atoms with van der Waals surface area (Å²) in [6.07, 6.45) is 3.42. The average Bonchev–Trinajstić information content (AvgIpc) is 3.03. The van der Waals surface area contributed by atoms with Gasteiger partial charge in [-0.05, 0) is 37.6 Å². The first-order valence-corrected chi connectivity index (χ1v) is 10.1. The number of benzene rings is 1. The van der Waals surface area contributed by atoms with E-state index in [2.05, 4.69) is 9.98 Å². The van der Waals surface area contributed by atoms with E-state index in [9.17, 15) is 9.59 Å². The number of allylic oxidation sites excluding steroid dienone is 1. The maximum absolute atomic E-state index is 13.3. The van der Waals surface area contributed by atoms with Gasteiger partial charge in [-0.15, -0.1) is 0 Å². The van der Waals surface area contributed by atoms with E-state index in [-0.39, 0.29) is 12.2 Å². The first-order chi connectivity index (χ1) is 14.1. The van der Waals surface area contributed by atoms with Gasteiger partial charge in [0, 0.05) is 6.20 Å². The Kier molecular flexibility index (Phi) is 5.22. The second-order valence-electron chi connectivity index (χ2n) is 6.47. The number of carbonyl (C=O) groups excluding carboxylic acids is 1. The van der Waals surface area contributed by atoms with Crippen LogP contribution in [0.5, 0.6) is 0 Å². The molecule has 1 atom stereocenters. The highest BCUT2D eigenvalue weighted by Gasteiger charge is 2.33. The summed E-state index contributed by atoms with van der Waals surface area (Å²) in [6.45, 7) is 3.78. The van der Waals surface area contributed by atoms with Crippen LogP contribution < -0.4 is 14.9 Å². The predicted molar refractivity (Wildman–Crippen MR) is 111 cm³/mol. The summed E-state index contributed by atoms with van der Waals surface area (Å²) in [7, 11) is 0. The molecule has 0 spiro atoms. The van der Waals surface area contributed by atoms with Crippen LogP contribution in [0.1, 0.15) is 31.1 Å². The summed E-state index contributed by atoms with van der Waals surface area (Å²) < 4.78 is 7.37. The van der Waals surface area contributed by atoms with Crippen molar-refractivity contribution in [2.75, 3.05) is 6.61 Å². The molecule has 0 saturated carbocycles. The highest BCUT2D eigenvalue weighted by molar-refractivity contribution is 7.07. The fraction of sp³-hybridized carbons (Fsp3) is 0.182. The Morgan fingerprint density at radius 3 is 2.66 bits per heavy atom. The van der Waals surface area contributed by atoms with Crippen molar-refractivity contribution in [3.05, 3.63) is 96.9 Å². The summed E-state index contributed by atoms with van der Waals surface area (Å²) >= 11 is 1.29. The first kappa shape index (κ1) is 19.0. The van der Waals surface area contributed by atoms with Crippen molar-refractivity contribution in [3.63, 3.8) is 0 Å². The van der Waals surface area contributed by atoms with Gasteiger partial charge in [0.15, 0.2) is 4.80 Å². The fourth-order valence-corrected chi connectivity index (χ4v) is 4.37. The van der Waals surface area contributed by atoms with E-state index in [4.69, 9.17) is 4.74 Å². The quantitative estimate of drug-likeness (QED) is 0.624. The third kappa shape index (κ3) is 3.56. The topological polar surface area (TPSA) is 73.6 Å². The van der Waals surface area contributed by atoms with Crippen LogP contribution >= 0.6 is 11.3 Å². The standard InChI is InChI=1S/C22H19N3O3S/c1-3-28-21(27)18-14(2)24-22-25(19(18)15-9-5-4-6-10-15)20(26)17(29-22)13-16-11-7-8-12-23-16/h4-13,19H,3H2,1-2H3/b17-13-/t19-/m1/s1. The summed E-state index contributed by atoms with van der Waals surface area (Å²) in [5, 5.41) is 0. The van der Waals surface area contributed by atoms with Gasteiger partial charge in [0.05, 0.1) is 34.1 Å². The average molecular weight is 405 g/mol. The number of aromatic nitrogens is 2. The van der Waals surface area contributed by atoms with Crippen molar-refractivity contribution >= 4 is 23.4 Å². The van der Waals surface area contributed by atoms with Crippen molar-refractivity contribution in [1.82, 2.24) is 9.55 Å². The lowest BCUT2D eigenvalue weighted by molar-refractivity contribution is -0.139. The van der Waals surface area contributed by atoms with Crippen LogP contribution in [0.15, 0.2) is 75.8 Å². The fourth-order valence-electron chi connectivity index (χ4n) is 3.34. The number of hydrogen-bond acceptors (Lipinski definition) is 6. The van der Waals surface area contributed by atoms with Gasteiger partial charge in [0.2, 0.25) is 0 Å². The summed E-state index contributed by atoms with van der Waals surface area (Å²) in [6, 6.07) is 14.4. The molecule has 0 unspecified atom stereocenters. The predicted octanol–water partition coefficient (Wildman–Crippen LogP) is 2.19. The molecule has 6 nitrogen and oxygen atoms in total. The zero-order valence-corrected chi connectivity index (χ0v) is 16.8. The molecule has 0 saturated heterocycles. The highest BCUT2D eigenvalue weighted by atomic mass is 32.1. The Hall–Kier alpha value is -3.32. The number of rotatable bonds is 4. The number of thiazole rings is 1. The number of fused-ring (bicyclic) bond motifs is 1. The van der Waals surface area contributed by atoms with E-state index in [1.165, 1.54) is 11.3 Å². The molecule has 0 bridgehead atoms. The lowest BCUT2D eigenvalue weighted by Crippen LogP contribution is -2.39. The molecular weight excluding hydrogens is 386 g/mol. The number of pyridine rings is 1. The minimum Gasteiger partial charge on any atom is -0.463 e. The lowest BCUT2D eigenvalue weighted by Gasteiger charge is -2.24. The minimum atomic E-state index is -0.586. The molecule has 1 aliphatic heterocycles. The molecule has 3 aromatic rings. The van der Waals surface area contributed by atoms with Crippen LogP contribution in [0.2, 0.25) is 0 Å². The molecule has 1 aliphatic rings. The molecule has 1 aromatic carbocycles. The maximum atomic E-state index is 13.3. The first-order valence-electron chi connectivity index (χ1n) is 9.25. The summed E-state index contributed by atoms with van der Waals surface area (Å²) in [4.78, 5) is 35.4. The van der Waals surface area contributed by atoms with Crippen molar-refractivity contribution in [1.29, 1.82) is 0 Å². The van der Waals surface area contributed by atoms with Crippen LogP contribution in [-0.4, -0.2) is 22.1 Å². The van der Waals surface area contributed by atoms with Gasteiger partial charge in [0.25, 0.3) is 5.56 Å². The number of nitrogens with zero attached hydrogens (tertiary/aromatic N) is 3. The molecule has 146 valence electrons. The molecule has 0 fully saturated rings. The van der Waals surface area contributed by atoms with E-state index in [1.807, 2.05) is 48.5 Å². The normalized spacial score (nSPS) is 16.3. The minimum absolute atomic E-state index is 0.206. The second kappa shape index (κ2) is 7.97. The monoisotopic (exact) mass is 405 g/mol.